The van der Waals surface area contributed by atoms with Crippen molar-refractivity contribution in [3.8, 4) is 11.5 Å². The number of anilines is 1. The molecule has 9 heteroatoms. The number of benzene rings is 2. The molecule has 2 heterocycles. The lowest BCUT2D eigenvalue weighted by Gasteiger charge is -2.27. The van der Waals surface area contributed by atoms with Gasteiger partial charge >= 0.3 is 0 Å². The van der Waals surface area contributed by atoms with Gasteiger partial charge in [-0.25, -0.2) is 8.42 Å². The van der Waals surface area contributed by atoms with Crippen molar-refractivity contribution in [2.45, 2.75) is 39.2 Å². The van der Waals surface area contributed by atoms with Crippen molar-refractivity contribution in [1.82, 2.24) is 10.2 Å². The highest BCUT2D eigenvalue weighted by Crippen LogP contribution is 2.33. The van der Waals surface area contributed by atoms with E-state index >= 15 is 0 Å². The first-order chi connectivity index (χ1) is 16.3. The Labute approximate surface area is 201 Å². The Morgan fingerprint density at radius 2 is 1.79 bits per heavy atom. The van der Waals surface area contributed by atoms with Crippen molar-refractivity contribution in [1.29, 1.82) is 0 Å². The molecule has 8 nitrogen and oxygen atoms in total. The number of hydrogen-bond donors (Lipinski definition) is 2. The fraction of sp³-hybridized carbons (Fsp3) is 0.480. The van der Waals surface area contributed by atoms with Gasteiger partial charge in [0.25, 0.3) is 5.91 Å². The van der Waals surface area contributed by atoms with Gasteiger partial charge in [0.2, 0.25) is 16.8 Å². The van der Waals surface area contributed by atoms with Crippen molar-refractivity contribution in [3.05, 3.63) is 53.1 Å². The number of fused-ring (bicyclic) bond motifs is 1. The second kappa shape index (κ2) is 10.7. The lowest BCUT2D eigenvalue weighted by Crippen LogP contribution is -2.35. The van der Waals surface area contributed by atoms with Crippen LogP contribution in [-0.4, -0.2) is 51.9 Å². The molecule has 0 bridgehead atoms. The molecule has 184 valence electrons. The highest BCUT2D eigenvalue weighted by Gasteiger charge is 2.20. The number of hydrogen-bond acceptors (Lipinski definition) is 6. The Morgan fingerprint density at radius 3 is 2.56 bits per heavy atom. The van der Waals surface area contributed by atoms with Crippen LogP contribution in [0.15, 0.2) is 36.4 Å². The maximum atomic E-state index is 13.0. The van der Waals surface area contributed by atoms with E-state index in [0.29, 0.717) is 23.7 Å². The number of carbonyl (C=O) groups is 1. The number of sulfonamides is 1. The van der Waals surface area contributed by atoms with Gasteiger partial charge in [-0.15, -0.1) is 0 Å². The summed E-state index contributed by atoms with van der Waals surface area (Å²) in [7, 11) is -3.45. The summed E-state index contributed by atoms with van der Waals surface area (Å²) in [4.78, 5) is 14.9. The summed E-state index contributed by atoms with van der Waals surface area (Å²) in [5, 5.41) is 3.45. The van der Waals surface area contributed by atoms with Crippen molar-refractivity contribution >= 4 is 21.6 Å². The summed E-state index contributed by atoms with van der Waals surface area (Å²) in [6.07, 6.45) is 5.14. The molecule has 1 fully saturated rings. The Morgan fingerprint density at radius 1 is 1.03 bits per heavy atom. The average Bonchev–Trinajstić information content (AvgIpc) is 3.26. The Balaban J connectivity index is 1.39. The van der Waals surface area contributed by atoms with Gasteiger partial charge in [-0.05, 0) is 79.6 Å². The van der Waals surface area contributed by atoms with E-state index in [1.807, 2.05) is 23.1 Å². The maximum absolute atomic E-state index is 13.0. The number of carbonyl (C=O) groups excluding carboxylic acids is 1. The first-order valence-electron chi connectivity index (χ1n) is 11.8. The second-order valence-corrected chi connectivity index (χ2v) is 11.0. The summed E-state index contributed by atoms with van der Waals surface area (Å²) in [5.41, 5.74) is 2.98. The number of ether oxygens (including phenoxy) is 2. The van der Waals surface area contributed by atoms with E-state index in [2.05, 4.69) is 23.0 Å². The van der Waals surface area contributed by atoms with Crippen molar-refractivity contribution in [3.63, 3.8) is 0 Å². The fourth-order valence-corrected chi connectivity index (χ4v) is 5.02. The number of rotatable bonds is 9. The monoisotopic (exact) mass is 487 g/mol. The van der Waals surface area contributed by atoms with Gasteiger partial charge in [0, 0.05) is 30.9 Å². The topological polar surface area (TPSA) is 97.0 Å². The maximum Gasteiger partial charge on any atom is 0.253 e. The standard InChI is InChI=1S/C25H33N3O5S/c1-18(10-19-6-7-23-24(13-19)33-17-32-23)15-26-16-20-11-21(14-22(12-20)27-34(2,30)31)25(29)28-8-4-3-5-9-28/h6-7,11-14,18,26-27H,3-5,8-10,15-17H2,1-2H3. The molecule has 0 saturated carbocycles. The third-order valence-corrected chi connectivity index (χ3v) is 6.64. The van der Waals surface area contributed by atoms with E-state index in [0.717, 1.165) is 68.6 Å². The third kappa shape index (κ3) is 6.64. The number of nitrogens with zero attached hydrogens (tertiary/aromatic N) is 1. The normalized spacial score (nSPS) is 16.4. The van der Waals surface area contributed by atoms with Crippen LogP contribution in [0.4, 0.5) is 5.69 Å². The van der Waals surface area contributed by atoms with Crippen LogP contribution in [0.5, 0.6) is 11.5 Å². The van der Waals surface area contributed by atoms with Crippen molar-refractivity contribution < 1.29 is 22.7 Å². The number of piperidine rings is 1. The van der Waals surface area contributed by atoms with Crippen LogP contribution < -0.4 is 19.5 Å². The molecule has 2 aliphatic rings. The summed E-state index contributed by atoms with van der Waals surface area (Å²) < 4.78 is 37.0. The SMILES string of the molecule is CC(CNCc1cc(NS(C)(=O)=O)cc(C(=O)N2CCCCC2)c1)Cc1ccc2c(c1)OCO2. The van der Waals surface area contributed by atoms with E-state index < -0.39 is 10.0 Å². The molecule has 34 heavy (non-hydrogen) atoms. The zero-order chi connectivity index (χ0) is 24.1. The molecule has 2 aliphatic heterocycles. The molecule has 2 aromatic rings. The van der Waals surface area contributed by atoms with Crippen LogP contribution in [0.1, 0.15) is 47.7 Å². The van der Waals surface area contributed by atoms with Gasteiger partial charge in [0.15, 0.2) is 11.5 Å². The minimum atomic E-state index is -3.45. The molecular weight excluding hydrogens is 454 g/mol. The molecule has 0 aromatic heterocycles. The van der Waals surface area contributed by atoms with Crippen LogP contribution in [0.2, 0.25) is 0 Å². The van der Waals surface area contributed by atoms with Gasteiger partial charge in [-0.3, -0.25) is 9.52 Å². The molecule has 0 spiro atoms. The van der Waals surface area contributed by atoms with Crippen LogP contribution in [0.3, 0.4) is 0 Å². The summed E-state index contributed by atoms with van der Waals surface area (Å²) >= 11 is 0. The zero-order valence-electron chi connectivity index (χ0n) is 19.8. The molecule has 1 saturated heterocycles. The molecule has 1 atom stereocenters. The molecule has 2 N–H and O–H groups in total. The first kappa shape index (κ1) is 24.3. The lowest BCUT2D eigenvalue weighted by atomic mass is 10.0. The highest BCUT2D eigenvalue weighted by atomic mass is 32.2. The van der Waals surface area contributed by atoms with Crippen LogP contribution in [-0.2, 0) is 23.0 Å². The number of likely N-dealkylation sites (tertiary alicyclic amines) is 1. The van der Waals surface area contributed by atoms with Crippen molar-refractivity contribution in [2.24, 2.45) is 5.92 Å². The quantitative estimate of drug-likeness (QED) is 0.563. The third-order valence-electron chi connectivity index (χ3n) is 6.03. The molecular formula is C25H33N3O5S. The van der Waals surface area contributed by atoms with E-state index in [9.17, 15) is 13.2 Å². The Hall–Kier alpha value is -2.78. The van der Waals surface area contributed by atoms with Crippen LogP contribution in [0, 0.1) is 5.92 Å². The van der Waals surface area contributed by atoms with Gasteiger partial charge in [0.05, 0.1) is 6.26 Å². The number of amides is 1. The summed E-state index contributed by atoms with van der Waals surface area (Å²) in [6, 6.07) is 11.3. The van der Waals surface area contributed by atoms with Gasteiger partial charge < -0.3 is 19.7 Å². The lowest BCUT2D eigenvalue weighted by molar-refractivity contribution is 0.0724. The second-order valence-electron chi connectivity index (χ2n) is 9.27. The minimum absolute atomic E-state index is 0.0470. The molecule has 4 rings (SSSR count). The highest BCUT2D eigenvalue weighted by molar-refractivity contribution is 7.92. The fourth-order valence-electron chi connectivity index (χ4n) is 4.48. The van der Waals surface area contributed by atoms with Gasteiger partial charge in [-0.1, -0.05) is 13.0 Å². The van der Waals surface area contributed by atoms with E-state index in [1.54, 1.807) is 12.1 Å². The van der Waals surface area contributed by atoms with Crippen LogP contribution >= 0.6 is 0 Å². The molecule has 1 amide bonds. The largest absolute Gasteiger partial charge is 0.454 e. The summed E-state index contributed by atoms with van der Waals surface area (Å²) in [6.45, 7) is 5.23. The van der Waals surface area contributed by atoms with E-state index in [-0.39, 0.29) is 12.7 Å². The first-order valence-corrected chi connectivity index (χ1v) is 13.7. The van der Waals surface area contributed by atoms with Crippen molar-refractivity contribution in [2.75, 3.05) is 37.4 Å². The van der Waals surface area contributed by atoms with Gasteiger partial charge in [0.1, 0.15) is 0 Å². The number of nitrogens with one attached hydrogen (secondary N) is 2. The zero-order valence-corrected chi connectivity index (χ0v) is 20.6. The molecule has 0 radical (unpaired) electrons. The smallest absolute Gasteiger partial charge is 0.253 e. The van der Waals surface area contributed by atoms with E-state index in [1.165, 1.54) is 5.56 Å². The van der Waals surface area contributed by atoms with Gasteiger partial charge in [-0.2, -0.15) is 0 Å². The average molecular weight is 488 g/mol. The Bertz CT molecular complexity index is 1130. The van der Waals surface area contributed by atoms with Crippen LogP contribution in [0.25, 0.3) is 0 Å². The predicted octanol–water partition coefficient (Wildman–Crippen LogP) is 3.38. The summed E-state index contributed by atoms with van der Waals surface area (Å²) in [5.74, 6) is 1.90. The molecule has 0 aliphatic carbocycles. The predicted molar refractivity (Wildman–Crippen MR) is 132 cm³/mol. The minimum Gasteiger partial charge on any atom is -0.454 e. The molecule has 2 aromatic carbocycles. The van der Waals surface area contributed by atoms with E-state index in [4.69, 9.17) is 9.47 Å². The molecule has 1 unspecified atom stereocenters. The Kier molecular flexibility index (Phi) is 7.63.